The minimum absolute atomic E-state index is 0.0148. The molecule has 0 saturated heterocycles. The molecule has 0 N–H and O–H groups in total. The van der Waals surface area contributed by atoms with Gasteiger partial charge in [-0.15, -0.1) is 0 Å². The summed E-state index contributed by atoms with van der Waals surface area (Å²) in [6.45, 7) is 1.95. The molecule has 0 aliphatic rings. The van der Waals surface area contributed by atoms with Gasteiger partial charge in [0.15, 0.2) is 0 Å². The Balaban J connectivity index is 2.05. The van der Waals surface area contributed by atoms with E-state index < -0.39 is 10.9 Å². The number of ether oxygens (including phenoxy) is 1. The van der Waals surface area contributed by atoms with Crippen molar-refractivity contribution in [3.05, 3.63) is 76.1 Å². The van der Waals surface area contributed by atoms with Crippen LogP contribution in [0.2, 0.25) is 0 Å². The number of benzene rings is 2. The van der Waals surface area contributed by atoms with Crippen LogP contribution in [-0.2, 0) is 11.8 Å². The molecule has 140 valence electrons. The number of nitro groups is 1. The zero-order chi connectivity index (χ0) is 20.3. The quantitative estimate of drug-likeness (QED) is 0.376. The second-order valence-corrected chi connectivity index (χ2v) is 6.09. The first-order valence-electron chi connectivity index (χ1n) is 8.58. The molecule has 1 heterocycles. The summed E-state index contributed by atoms with van der Waals surface area (Å²) < 4.78 is 6.71. The molecule has 0 bridgehead atoms. The predicted molar refractivity (Wildman–Crippen MR) is 104 cm³/mol. The van der Waals surface area contributed by atoms with Crippen molar-refractivity contribution in [2.75, 3.05) is 6.61 Å². The van der Waals surface area contributed by atoms with Gasteiger partial charge < -0.3 is 9.30 Å². The normalized spacial score (nSPS) is 10.3. The standard InChI is InChI=1S/C21H17N3O4/c1-3-28-21(25)20-19(17(12-22)13-23(20)2)15-9-7-14(8-10-15)16-5-4-6-18(11-16)24(26)27/h4-11,13H,3H2,1-2H3. The van der Waals surface area contributed by atoms with Crippen LogP contribution in [0.3, 0.4) is 0 Å². The second-order valence-electron chi connectivity index (χ2n) is 6.09. The lowest BCUT2D eigenvalue weighted by molar-refractivity contribution is -0.384. The summed E-state index contributed by atoms with van der Waals surface area (Å²) in [5.41, 5.74) is 3.39. The molecule has 0 aliphatic heterocycles. The Morgan fingerprint density at radius 2 is 1.86 bits per heavy atom. The molecular weight excluding hydrogens is 358 g/mol. The highest BCUT2D eigenvalue weighted by Gasteiger charge is 2.22. The zero-order valence-corrected chi connectivity index (χ0v) is 15.4. The lowest BCUT2D eigenvalue weighted by Crippen LogP contribution is -2.10. The van der Waals surface area contributed by atoms with Gasteiger partial charge in [0.25, 0.3) is 5.69 Å². The average Bonchev–Trinajstić information content (AvgIpc) is 3.04. The number of hydrogen-bond acceptors (Lipinski definition) is 5. The van der Waals surface area contributed by atoms with Gasteiger partial charge in [-0.3, -0.25) is 10.1 Å². The van der Waals surface area contributed by atoms with Gasteiger partial charge in [0.2, 0.25) is 0 Å². The number of aromatic nitrogens is 1. The van der Waals surface area contributed by atoms with E-state index in [9.17, 15) is 20.2 Å². The number of aryl methyl sites for hydroxylation is 1. The Kier molecular flexibility index (Phi) is 5.23. The van der Waals surface area contributed by atoms with Crippen molar-refractivity contribution >= 4 is 11.7 Å². The van der Waals surface area contributed by atoms with Crippen LogP contribution in [-0.4, -0.2) is 22.1 Å². The molecule has 7 heteroatoms. The summed E-state index contributed by atoms with van der Waals surface area (Å²) in [6.07, 6.45) is 1.59. The number of hydrogen-bond donors (Lipinski definition) is 0. The van der Waals surface area contributed by atoms with Crippen molar-refractivity contribution < 1.29 is 14.5 Å². The number of nitriles is 1. The van der Waals surface area contributed by atoms with Crippen LogP contribution in [0.4, 0.5) is 5.69 Å². The Labute approximate surface area is 161 Å². The molecule has 0 unspecified atom stereocenters. The fourth-order valence-electron chi connectivity index (χ4n) is 3.08. The number of esters is 1. The van der Waals surface area contributed by atoms with E-state index in [-0.39, 0.29) is 12.3 Å². The van der Waals surface area contributed by atoms with Gasteiger partial charge in [-0.05, 0) is 23.6 Å². The zero-order valence-electron chi connectivity index (χ0n) is 15.4. The van der Waals surface area contributed by atoms with Gasteiger partial charge in [0.1, 0.15) is 11.8 Å². The molecule has 0 aliphatic carbocycles. The fourth-order valence-corrected chi connectivity index (χ4v) is 3.08. The Morgan fingerprint density at radius 1 is 1.18 bits per heavy atom. The highest BCUT2D eigenvalue weighted by molar-refractivity contribution is 5.98. The molecule has 28 heavy (non-hydrogen) atoms. The van der Waals surface area contributed by atoms with E-state index in [2.05, 4.69) is 6.07 Å². The highest BCUT2D eigenvalue weighted by atomic mass is 16.6. The third-order valence-corrected chi connectivity index (χ3v) is 4.33. The van der Waals surface area contributed by atoms with Gasteiger partial charge in [-0.2, -0.15) is 5.26 Å². The molecule has 0 atom stereocenters. The van der Waals surface area contributed by atoms with E-state index in [4.69, 9.17) is 4.74 Å². The highest BCUT2D eigenvalue weighted by Crippen LogP contribution is 2.32. The second kappa shape index (κ2) is 7.76. The van der Waals surface area contributed by atoms with Gasteiger partial charge in [0, 0.05) is 30.9 Å². The summed E-state index contributed by atoms with van der Waals surface area (Å²) in [4.78, 5) is 22.9. The van der Waals surface area contributed by atoms with E-state index in [1.807, 2.05) is 0 Å². The monoisotopic (exact) mass is 375 g/mol. The number of nitro benzene ring substituents is 1. The van der Waals surface area contributed by atoms with Crippen molar-refractivity contribution in [1.29, 1.82) is 5.26 Å². The molecular formula is C21H17N3O4. The van der Waals surface area contributed by atoms with Crippen LogP contribution in [0.5, 0.6) is 0 Å². The summed E-state index contributed by atoms with van der Waals surface area (Å²) in [7, 11) is 1.69. The van der Waals surface area contributed by atoms with Crippen LogP contribution in [0.15, 0.2) is 54.7 Å². The number of nitrogens with zero attached hydrogens (tertiary/aromatic N) is 3. The molecule has 7 nitrogen and oxygen atoms in total. The van der Waals surface area contributed by atoms with Crippen LogP contribution in [0, 0.1) is 21.4 Å². The SMILES string of the molecule is CCOC(=O)c1c(-c2ccc(-c3cccc([N+](=O)[O-])c3)cc2)c(C#N)cn1C. The van der Waals surface area contributed by atoms with Crippen molar-refractivity contribution in [1.82, 2.24) is 4.57 Å². The largest absolute Gasteiger partial charge is 0.461 e. The van der Waals surface area contributed by atoms with E-state index in [1.165, 1.54) is 12.1 Å². The molecule has 0 radical (unpaired) electrons. The van der Waals surface area contributed by atoms with Crippen LogP contribution in [0.25, 0.3) is 22.3 Å². The first kappa shape index (κ1) is 18.9. The number of carbonyl (C=O) groups is 1. The minimum atomic E-state index is -0.496. The van der Waals surface area contributed by atoms with Gasteiger partial charge in [-0.1, -0.05) is 36.4 Å². The maximum absolute atomic E-state index is 12.4. The van der Waals surface area contributed by atoms with Crippen LogP contribution in [0.1, 0.15) is 23.0 Å². The lowest BCUT2D eigenvalue weighted by Gasteiger charge is -2.09. The minimum Gasteiger partial charge on any atom is -0.461 e. The Morgan fingerprint density at radius 3 is 2.46 bits per heavy atom. The third kappa shape index (κ3) is 3.48. The van der Waals surface area contributed by atoms with Gasteiger partial charge in [-0.25, -0.2) is 4.79 Å². The number of rotatable bonds is 5. The molecule has 3 rings (SSSR count). The van der Waals surface area contributed by atoms with E-state index in [1.54, 1.807) is 61.1 Å². The molecule has 0 saturated carbocycles. The van der Waals surface area contributed by atoms with Gasteiger partial charge in [0.05, 0.1) is 17.1 Å². The Hall–Kier alpha value is -3.92. The molecule has 0 spiro atoms. The van der Waals surface area contributed by atoms with Crippen LogP contribution >= 0.6 is 0 Å². The van der Waals surface area contributed by atoms with Crippen molar-refractivity contribution in [3.63, 3.8) is 0 Å². The first-order chi connectivity index (χ1) is 13.5. The van der Waals surface area contributed by atoms with E-state index >= 15 is 0 Å². The van der Waals surface area contributed by atoms with Crippen molar-refractivity contribution in [2.24, 2.45) is 7.05 Å². The molecule has 0 fully saturated rings. The van der Waals surface area contributed by atoms with E-state index in [0.29, 0.717) is 27.9 Å². The summed E-state index contributed by atoms with van der Waals surface area (Å²) >= 11 is 0. The molecule has 1 aromatic heterocycles. The number of carbonyl (C=O) groups excluding carboxylic acids is 1. The maximum Gasteiger partial charge on any atom is 0.355 e. The van der Waals surface area contributed by atoms with Crippen molar-refractivity contribution in [3.8, 4) is 28.3 Å². The molecule has 2 aromatic carbocycles. The predicted octanol–water partition coefficient (Wildman–Crippen LogP) is 4.32. The molecule has 3 aromatic rings. The summed E-state index contributed by atoms with van der Waals surface area (Å²) in [5, 5.41) is 20.4. The van der Waals surface area contributed by atoms with Crippen LogP contribution < -0.4 is 0 Å². The van der Waals surface area contributed by atoms with Gasteiger partial charge >= 0.3 is 5.97 Å². The smallest absolute Gasteiger partial charge is 0.355 e. The third-order valence-electron chi connectivity index (χ3n) is 4.33. The summed E-state index contributed by atoms with van der Waals surface area (Å²) in [6, 6.07) is 15.6. The Bertz CT molecular complexity index is 1090. The van der Waals surface area contributed by atoms with E-state index in [0.717, 1.165) is 5.56 Å². The van der Waals surface area contributed by atoms with Crippen molar-refractivity contribution in [2.45, 2.75) is 6.92 Å². The fraction of sp³-hybridized carbons (Fsp3) is 0.143. The molecule has 0 amide bonds. The number of non-ortho nitro benzene ring substituents is 1. The topological polar surface area (TPSA) is 98.2 Å². The maximum atomic E-state index is 12.4. The lowest BCUT2D eigenvalue weighted by atomic mass is 9.98. The average molecular weight is 375 g/mol. The first-order valence-corrected chi connectivity index (χ1v) is 8.58. The summed E-state index contributed by atoms with van der Waals surface area (Å²) in [5.74, 6) is -0.496.